The molecule has 0 bridgehead atoms. The summed E-state index contributed by atoms with van der Waals surface area (Å²) < 4.78 is 9.79. The summed E-state index contributed by atoms with van der Waals surface area (Å²) in [5.41, 5.74) is 1.67. The van der Waals surface area contributed by atoms with E-state index < -0.39 is 6.09 Å². The van der Waals surface area contributed by atoms with Crippen molar-refractivity contribution in [3.8, 4) is 5.75 Å². The average molecular weight is 271 g/mol. The molecule has 102 valence electrons. The third kappa shape index (κ3) is 1.91. The van der Waals surface area contributed by atoms with Crippen molar-refractivity contribution < 1.29 is 14.3 Å². The molecule has 0 spiro atoms. The Morgan fingerprint density at radius 3 is 2.85 bits per heavy atom. The summed E-state index contributed by atoms with van der Waals surface area (Å²) in [4.78, 5) is 18.7. The lowest BCUT2D eigenvalue weighted by molar-refractivity contribution is 0.187. The van der Waals surface area contributed by atoms with Crippen LogP contribution in [0.15, 0.2) is 30.5 Å². The van der Waals surface area contributed by atoms with Crippen molar-refractivity contribution in [1.29, 1.82) is 0 Å². The van der Waals surface area contributed by atoms with Crippen LogP contribution in [0.1, 0.15) is 0 Å². The highest BCUT2D eigenvalue weighted by molar-refractivity contribution is 6.11. The quantitative estimate of drug-likeness (QED) is 0.751. The number of amides is 1. The molecule has 0 atom stereocenters. The van der Waals surface area contributed by atoms with Crippen LogP contribution in [0.4, 0.5) is 10.6 Å². The molecule has 1 amide bonds. The van der Waals surface area contributed by atoms with E-state index >= 15 is 0 Å². The van der Waals surface area contributed by atoms with Crippen molar-refractivity contribution in [3.63, 3.8) is 0 Å². The second-order valence-electron chi connectivity index (χ2n) is 4.24. The molecular weight excluding hydrogens is 258 g/mol. The van der Waals surface area contributed by atoms with Gasteiger partial charge in [0, 0.05) is 23.0 Å². The van der Waals surface area contributed by atoms with E-state index in [-0.39, 0.29) is 0 Å². The topological polar surface area (TPSA) is 76.2 Å². The third-order valence-electron chi connectivity index (χ3n) is 3.13. The second kappa shape index (κ2) is 4.73. The van der Waals surface area contributed by atoms with Crippen LogP contribution in [-0.2, 0) is 4.74 Å². The normalized spacial score (nSPS) is 10.7. The highest BCUT2D eigenvalue weighted by Crippen LogP contribution is 2.30. The van der Waals surface area contributed by atoms with E-state index in [1.807, 2.05) is 24.3 Å². The lowest BCUT2D eigenvalue weighted by atomic mass is 10.2. The molecule has 0 aliphatic rings. The minimum atomic E-state index is -0.554. The van der Waals surface area contributed by atoms with Crippen molar-refractivity contribution >= 4 is 33.7 Å². The van der Waals surface area contributed by atoms with Crippen LogP contribution in [-0.4, -0.2) is 30.3 Å². The van der Waals surface area contributed by atoms with Crippen LogP contribution in [0.2, 0.25) is 0 Å². The molecule has 3 aromatic rings. The number of aromatic amines is 1. The molecule has 0 aliphatic heterocycles. The first kappa shape index (κ1) is 12.3. The van der Waals surface area contributed by atoms with Gasteiger partial charge < -0.3 is 14.5 Å². The van der Waals surface area contributed by atoms with Gasteiger partial charge in [0.25, 0.3) is 0 Å². The number of nitrogens with zero attached hydrogens (tertiary/aromatic N) is 1. The van der Waals surface area contributed by atoms with Crippen LogP contribution in [0, 0.1) is 0 Å². The molecule has 2 aromatic heterocycles. The minimum absolute atomic E-state index is 0.435. The Bertz CT molecular complexity index is 795. The van der Waals surface area contributed by atoms with Gasteiger partial charge in [-0.15, -0.1) is 0 Å². The van der Waals surface area contributed by atoms with E-state index in [1.165, 1.54) is 7.11 Å². The number of nitrogens with one attached hydrogen (secondary N) is 2. The van der Waals surface area contributed by atoms with E-state index in [1.54, 1.807) is 13.3 Å². The fraction of sp³-hybridized carbons (Fsp3) is 0.143. The lowest BCUT2D eigenvalue weighted by Gasteiger charge is -2.03. The van der Waals surface area contributed by atoms with Gasteiger partial charge in [-0.25, -0.2) is 9.78 Å². The number of anilines is 1. The van der Waals surface area contributed by atoms with Crippen molar-refractivity contribution in [2.24, 2.45) is 0 Å². The van der Waals surface area contributed by atoms with Crippen molar-refractivity contribution in [3.05, 3.63) is 30.5 Å². The number of pyridine rings is 1. The maximum absolute atomic E-state index is 11.3. The smallest absolute Gasteiger partial charge is 0.412 e. The van der Waals surface area contributed by atoms with Gasteiger partial charge in [0.2, 0.25) is 0 Å². The Balaban J connectivity index is 2.21. The van der Waals surface area contributed by atoms with E-state index in [9.17, 15) is 4.79 Å². The highest BCUT2D eigenvalue weighted by atomic mass is 16.5. The maximum Gasteiger partial charge on any atom is 0.412 e. The van der Waals surface area contributed by atoms with E-state index in [0.29, 0.717) is 5.82 Å². The van der Waals surface area contributed by atoms with Crippen molar-refractivity contribution in [1.82, 2.24) is 9.97 Å². The molecule has 6 nitrogen and oxygen atoms in total. The van der Waals surface area contributed by atoms with Gasteiger partial charge in [0.1, 0.15) is 5.75 Å². The number of benzene rings is 1. The summed E-state index contributed by atoms with van der Waals surface area (Å²) in [6.45, 7) is 0. The molecule has 2 N–H and O–H groups in total. The first-order valence-corrected chi connectivity index (χ1v) is 6.02. The molecule has 0 saturated heterocycles. The zero-order valence-corrected chi connectivity index (χ0v) is 11.1. The zero-order chi connectivity index (χ0) is 14.1. The third-order valence-corrected chi connectivity index (χ3v) is 3.13. The van der Waals surface area contributed by atoms with Crippen molar-refractivity contribution in [2.75, 3.05) is 19.5 Å². The van der Waals surface area contributed by atoms with Crippen LogP contribution >= 0.6 is 0 Å². The van der Waals surface area contributed by atoms with Crippen LogP contribution in [0.5, 0.6) is 5.75 Å². The molecule has 6 heteroatoms. The number of hydrogen-bond donors (Lipinski definition) is 2. The molecule has 1 aromatic carbocycles. The molecule has 0 unspecified atom stereocenters. The van der Waals surface area contributed by atoms with Crippen LogP contribution in [0.25, 0.3) is 21.8 Å². The molecule has 20 heavy (non-hydrogen) atoms. The molecule has 3 rings (SSSR count). The summed E-state index contributed by atoms with van der Waals surface area (Å²) in [7, 11) is 2.93. The largest absolute Gasteiger partial charge is 0.497 e. The Hall–Kier alpha value is -2.76. The summed E-state index contributed by atoms with van der Waals surface area (Å²) in [5.74, 6) is 1.20. The molecule has 2 heterocycles. The number of H-pyrrole nitrogens is 1. The molecular formula is C14H13N3O3. The molecule has 0 aliphatic carbocycles. The fourth-order valence-corrected chi connectivity index (χ4v) is 2.18. The minimum Gasteiger partial charge on any atom is -0.497 e. The number of rotatable bonds is 2. The maximum atomic E-state index is 11.3. The van der Waals surface area contributed by atoms with Gasteiger partial charge in [-0.2, -0.15) is 0 Å². The van der Waals surface area contributed by atoms with Gasteiger partial charge in [-0.05, 0) is 18.2 Å². The molecule has 0 saturated carbocycles. The summed E-state index contributed by atoms with van der Waals surface area (Å²) in [6.07, 6.45) is 1.09. The van der Waals surface area contributed by atoms with E-state index in [2.05, 4.69) is 20.0 Å². The van der Waals surface area contributed by atoms with Gasteiger partial charge in [0.15, 0.2) is 5.82 Å². The number of hydrogen-bond acceptors (Lipinski definition) is 4. The molecule has 0 fully saturated rings. The number of carbonyl (C=O) groups excluding carboxylic acids is 1. The first-order chi connectivity index (χ1) is 9.72. The standard InChI is InChI=1S/C14H13N3O3/c1-19-8-3-4-9-10-5-6-15-13(17-14(18)20-2)12(10)16-11(9)7-8/h3-7,16H,1-2H3,(H,15,17,18). The summed E-state index contributed by atoms with van der Waals surface area (Å²) >= 11 is 0. The van der Waals surface area contributed by atoms with E-state index in [0.717, 1.165) is 27.6 Å². The Morgan fingerprint density at radius 2 is 2.10 bits per heavy atom. The monoisotopic (exact) mass is 271 g/mol. The average Bonchev–Trinajstić information content (AvgIpc) is 2.85. The Labute approximate surface area is 114 Å². The molecule has 0 radical (unpaired) electrons. The Morgan fingerprint density at radius 1 is 1.25 bits per heavy atom. The first-order valence-electron chi connectivity index (χ1n) is 6.02. The van der Waals surface area contributed by atoms with E-state index in [4.69, 9.17) is 4.74 Å². The number of aromatic nitrogens is 2. The van der Waals surface area contributed by atoms with Gasteiger partial charge in [-0.3, -0.25) is 5.32 Å². The summed E-state index contributed by atoms with van der Waals surface area (Å²) in [5, 5.41) is 4.60. The van der Waals surface area contributed by atoms with Gasteiger partial charge in [0.05, 0.1) is 25.3 Å². The fourth-order valence-electron chi connectivity index (χ4n) is 2.18. The zero-order valence-electron chi connectivity index (χ0n) is 11.1. The predicted molar refractivity (Wildman–Crippen MR) is 76.2 cm³/mol. The predicted octanol–water partition coefficient (Wildman–Crippen LogP) is 2.90. The summed E-state index contributed by atoms with van der Waals surface area (Å²) in [6, 6.07) is 7.65. The van der Waals surface area contributed by atoms with Crippen LogP contribution < -0.4 is 10.1 Å². The highest BCUT2D eigenvalue weighted by Gasteiger charge is 2.11. The van der Waals surface area contributed by atoms with Crippen LogP contribution in [0.3, 0.4) is 0 Å². The SMILES string of the molecule is COC(=O)Nc1nccc2c1[nH]c1cc(OC)ccc12. The van der Waals surface area contributed by atoms with Crippen molar-refractivity contribution in [2.45, 2.75) is 0 Å². The van der Waals surface area contributed by atoms with Gasteiger partial charge in [-0.1, -0.05) is 0 Å². The number of methoxy groups -OCH3 is 2. The Kier molecular flexibility index (Phi) is 2.90. The number of ether oxygens (including phenoxy) is 2. The lowest BCUT2D eigenvalue weighted by Crippen LogP contribution is -2.12. The second-order valence-corrected chi connectivity index (χ2v) is 4.24. The number of fused-ring (bicyclic) bond motifs is 3. The van der Waals surface area contributed by atoms with Gasteiger partial charge >= 0.3 is 6.09 Å². The number of carbonyl (C=O) groups is 1.